The highest BCUT2D eigenvalue weighted by Gasteiger charge is 2.30. The molecule has 1 aromatic carbocycles. The maximum absolute atomic E-state index is 13.0. The van der Waals surface area contributed by atoms with Crippen LogP contribution in [0.2, 0.25) is 0 Å². The lowest BCUT2D eigenvalue weighted by atomic mass is 9.78. The second kappa shape index (κ2) is 10.1. The van der Waals surface area contributed by atoms with E-state index < -0.39 is 16.0 Å². The first-order chi connectivity index (χ1) is 14.7. The summed E-state index contributed by atoms with van der Waals surface area (Å²) in [5.41, 5.74) is 0.717. The van der Waals surface area contributed by atoms with E-state index in [1.54, 1.807) is 13.0 Å². The highest BCUT2D eigenvalue weighted by Crippen LogP contribution is 2.29. The van der Waals surface area contributed by atoms with Gasteiger partial charge in [-0.3, -0.25) is 4.79 Å². The molecule has 1 N–H and O–H groups in total. The fourth-order valence-electron chi connectivity index (χ4n) is 4.50. The van der Waals surface area contributed by atoms with Gasteiger partial charge in [0.15, 0.2) is 6.61 Å². The Labute approximate surface area is 185 Å². The topological polar surface area (TPSA) is 92.8 Å². The number of carbonyl (C=O) groups excluding carboxylic acids is 2. The number of hydrogen-bond acceptors (Lipinski definition) is 5. The minimum atomic E-state index is -3.66. The van der Waals surface area contributed by atoms with Crippen molar-refractivity contribution in [2.45, 2.75) is 70.2 Å². The molecular formula is C23H34N2O5S. The number of rotatable bonds is 6. The standard InChI is InChI=1S/C23H34N2O5S/c1-16-8-7-9-20(18(16)3)24-22(26)15-30-23(27)19-11-10-17(2)21(14-19)31(28,29)25-12-5-4-6-13-25/h10-11,14,16,18,20H,4-9,12-13,15H2,1-3H3,(H,24,26)/t16-,18-,20-/m0/s1. The molecule has 1 amide bonds. The quantitative estimate of drug-likeness (QED) is 0.672. The Balaban J connectivity index is 1.63. The van der Waals surface area contributed by atoms with Gasteiger partial charge in [0.25, 0.3) is 5.91 Å². The third-order valence-corrected chi connectivity index (χ3v) is 8.78. The number of amides is 1. The first kappa shape index (κ1) is 23.7. The summed E-state index contributed by atoms with van der Waals surface area (Å²) in [6, 6.07) is 4.61. The minimum Gasteiger partial charge on any atom is -0.452 e. The molecular weight excluding hydrogens is 416 g/mol. The molecule has 0 radical (unpaired) electrons. The van der Waals surface area contributed by atoms with Gasteiger partial charge in [0, 0.05) is 19.1 Å². The Morgan fingerprint density at radius 1 is 1.10 bits per heavy atom. The molecule has 31 heavy (non-hydrogen) atoms. The molecule has 2 aliphatic rings. The minimum absolute atomic E-state index is 0.0932. The number of nitrogens with one attached hydrogen (secondary N) is 1. The van der Waals surface area contributed by atoms with E-state index in [2.05, 4.69) is 19.2 Å². The Hall–Kier alpha value is -1.93. The van der Waals surface area contributed by atoms with Crippen molar-refractivity contribution >= 4 is 21.9 Å². The average Bonchev–Trinajstić information content (AvgIpc) is 2.76. The molecule has 1 aliphatic carbocycles. The van der Waals surface area contributed by atoms with Crippen LogP contribution in [0.25, 0.3) is 0 Å². The van der Waals surface area contributed by atoms with Crippen LogP contribution in [0.5, 0.6) is 0 Å². The van der Waals surface area contributed by atoms with Crippen molar-refractivity contribution in [2.75, 3.05) is 19.7 Å². The van der Waals surface area contributed by atoms with Crippen molar-refractivity contribution in [2.24, 2.45) is 11.8 Å². The fraction of sp³-hybridized carbons (Fsp3) is 0.652. The first-order valence-corrected chi connectivity index (χ1v) is 12.7. The molecule has 0 unspecified atom stereocenters. The van der Waals surface area contributed by atoms with Gasteiger partial charge in [0.2, 0.25) is 10.0 Å². The van der Waals surface area contributed by atoms with Gasteiger partial charge in [-0.1, -0.05) is 39.2 Å². The average molecular weight is 451 g/mol. The highest BCUT2D eigenvalue weighted by molar-refractivity contribution is 7.89. The number of sulfonamides is 1. The molecule has 3 rings (SSSR count). The Morgan fingerprint density at radius 3 is 2.52 bits per heavy atom. The van der Waals surface area contributed by atoms with Crippen molar-refractivity contribution in [1.29, 1.82) is 0 Å². The SMILES string of the molecule is Cc1ccc(C(=O)OCC(=O)N[C@H]2CCC[C@H](C)[C@@H]2C)cc1S(=O)(=O)N1CCCCC1. The Morgan fingerprint density at radius 2 is 1.81 bits per heavy atom. The maximum Gasteiger partial charge on any atom is 0.338 e. The van der Waals surface area contributed by atoms with Crippen LogP contribution >= 0.6 is 0 Å². The second-order valence-corrected chi connectivity index (χ2v) is 10.9. The molecule has 7 nitrogen and oxygen atoms in total. The maximum atomic E-state index is 13.0. The second-order valence-electron chi connectivity index (χ2n) is 8.96. The van der Waals surface area contributed by atoms with Crippen molar-refractivity contribution in [3.63, 3.8) is 0 Å². The van der Waals surface area contributed by atoms with Crippen LogP contribution in [0.1, 0.15) is 68.3 Å². The molecule has 3 atom stereocenters. The van der Waals surface area contributed by atoms with E-state index in [4.69, 9.17) is 4.74 Å². The third kappa shape index (κ3) is 5.66. The van der Waals surface area contributed by atoms with Crippen LogP contribution in [0.3, 0.4) is 0 Å². The van der Waals surface area contributed by atoms with E-state index in [9.17, 15) is 18.0 Å². The summed E-state index contributed by atoms with van der Waals surface area (Å²) in [5.74, 6) is -0.0923. The smallest absolute Gasteiger partial charge is 0.338 e. The van der Waals surface area contributed by atoms with Gasteiger partial charge in [-0.25, -0.2) is 13.2 Å². The molecule has 1 aromatic rings. The van der Waals surface area contributed by atoms with E-state index in [0.29, 0.717) is 30.5 Å². The monoisotopic (exact) mass is 450 g/mol. The van der Waals surface area contributed by atoms with Gasteiger partial charge in [-0.05, 0) is 55.7 Å². The Bertz CT molecular complexity index is 909. The summed E-state index contributed by atoms with van der Waals surface area (Å²) in [7, 11) is -3.66. The molecule has 1 saturated carbocycles. The summed E-state index contributed by atoms with van der Waals surface area (Å²) in [6.07, 6.45) is 5.88. The molecule has 0 aromatic heterocycles. The predicted molar refractivity (Wildman–Crippen MR) is 118 cm³/mol. The number of benzene rings is 1. The number of aryl methyl sites for hydroxylation is 1. The number of nitrogens with zero attached hydrogens (tertiary/aromatic N) is 1. The van der Waals surface area contributed by atoms with Crippen LogP contribution in [0, 0.1) is 18.8 Å². The van der Waals surface area contributed by atoms with Crippen molar-refractivity contribution in [1.82, 2.24) is 9.62 Å². The fourth-order valence-corrected chi connectivity index (χ4v) is 6.27. The van der Waals surface area contributed by atoms with Gasteiger partial charge in [0.05, 0.1) is 10.5 Å². The predicted octanol–water partition coefficient (Wildman–Crippen LogP) is 3.27. The molecule has 172 valence electrons. The molecule has 1 saturated heterocycles. The first-order valence-electron chi connectivity index (χ1n) is 11.3. The van der Waals surface area contributed by atoms with E-state index >= 15 is 0 Å². The normalized spacial score (nSPS) is 25.1. The van der Waals surface area contributed by atoms with E-state index in [1.807, 2.05) is 0 Å². The lowest BCUT2D eigenvalue weighted by molar-refractivity contribution is -0.125. The lowest BCUT2D eigenvalue weighted by Crippen LogP contribution is -2.45. The van der Waals surface area contributed by atoms with Gasteiger partial charge in [-0.2, -0.15) is 4.31 Å². The van der Waals surface area contributed by atoms with Gasteiger partial charge in [0.1, 0.15) is 0 Å². The van der Waals surface area contributed by atoms with Crippen molar-refractivity contribution in [3.8, 4) is 0 Å². The summed E-state index contributed by atoms with van der Waals surface area (Å²) in [6.45, 7) is 6.65. The van der Waals surface area contributed by atoms with Crippen LogP contribution in [0.15, 0.2) is 23.1 Å². The van der Waals surface area contributed by atoms with Crippen molar-refractivity contribution in [3.05, 3.63) is 29.3 Å². The summed E-state index contributed by atoms with van der Waals surface area (Å²) in [4.78, 5) is 24.9. The molecule has 8 heteroatoms. The lowest BCUT2D eigenvalue weighted by Gasteiger charge is -2.34. The molecule has 1 aliphatic heterocycles. The largest absolute Gasteiger partial charge is 0.452 e. The zero-order chi connectivity index (χ0) is 22.6. The molecule has 2 fully saturated rings. The number of ether oxygens (including phenoxy) is 1. The highest BCUT2D eigenvalue weighted by atomic mass is 32.2. The number of hydrogen-bond donors (Lipinski definition) is 1. The molecule has 0 bridgehead atoms. The van der Waals surface area contributed by atoms with Crippen LogP contribution in [0.4, 0.5) is 0 Å². The van der Waals surface area contributed by atoms with Crippen LogP contribution in [-0.2, 0) is 19.6 Å². The third-order valence-electron chi connectivity index (χ3n) is 6.74. The van der Waals surface area contributed by atoms with E-state index in [0.717, 1.165) is 32.1 Å². The van der Waals surface area contributed by atoms with E-state index in [-0.39, 0.29) is 29.0 Å². The number of esters is 1. The number of carbonyl (C=O) groups is 2. The van der Waals surface area contributed by atoms with Crippen LogP contribution < -0.4 is 5.32 Å². The Kier molecular flexibility index (Phi) is 7.75. The summed E-state index contributed by atoms with van der Waals surface area (Å²) >= 11 is 0. The van der Waals surface area contributed by atoms with Gasteiger partial charge in [-0.15, -0.1) is 0 Å². The number of piperidine rings is 1. The summed E-state index contributed by atoms with van der Waals surface area (Å²) in [5, 5.41) is 2.97. The molecule has 0 spiro atoms. The zero-order valence-electron chi connectivity index (χ0n) is 18.7. The van der Waals surface area contributed by atoms with E-state index in [1.165, 1.54) is 22.9 Å². The zero-order valence-corrected chi connectivity index (χ0v) is 19.5. The van der Waals surface area contributed by atoms with Crippen molar-refractivity contribution < 1.29 is 22.7 Å². The molecule has 1 heterocycles. The van der Waals surface area contributed by atoms with Crippen LogP contribution in [-0.4, -0.2) is 50.3 Å². The van der Waals surface area contributed by atoms with Gasteiger partial charge >= 0.3 is 5.97 Å². The summed E-state index contributed by atoms with van der Waals surface area (Å²) < 4.78 is 32.7. The van der Waals surface area contributed by atoms with Gasteiger partial charge < -0.3 is 10.1 Å².